The van der Waals surface area contributed by atoms with Crippen molar-refractivity contribution >= 4 is 21.6 Å². The molecule has 106 valence electrons. The van der Waals surface area contributed by atoms with Gasteiger partial charge in [0.25, 0.3) is 0 Å². The molecule has 0 spiro atoms. The van der Waals surface area contributed by atoms with Crippen LogP contribution in [0.5, 0.6) is 0 Å². The number of benzene rings is 2. The zero-order valence-electron chi connectivity index (χ0n) is 11.0. The summed E-state index contributed by atoms with van der Waals surface area (Å²) in [6.07, 6.45) is 1.62. The quantitative estimate of drug-likeness (QED) is 0.738. The molecule has 0 aliphatic carbocycles. The zero-order chi connectivity index (χ0) is 14.8. The van der Waals surface area contributed by atoms with E-state index in [4.69, 9.17) is 5.73 Å². The molecule has 0 atom stereocenters. The number of anilines is 1. The van der Waals surface area contributed by atoms with Gasteiger partial charge >= 0.3 is 0 Å². The molecule has 2 N–H and O–H groups in total. The van der Waals surface area contributed by atoms with E-state index in [1.165, 1.54) is 12.1 Å². The molecule has 0 unspecified atom stereocenters. The van der Waals surface area contributed by atoms with E-state index >= 15 is 0 Å². The largest absolute Gasteiger partial charge is 0.399 e. The maximum absolute atomic E-state index is 13.3. The number of nitrogens with two attached hydrogens (primary N) is 1. The molecule has 3 rings (SSSR count). The maximum Gasteiger partial charge on any atom is 0.181 e. The maximum atomic E-state index is 13.3. The zero-order valence-corrected chi connectivity index (χ0v) is 12.6. The van der Waals surface area contributed by atoms with Crippen LogP contribution in [-0.2, 0) is 6.54 Å². The third-order valence-corrected chi connectivity index (χ3v) is 3.80. The fourth-order valence-electron chi connectivity index (χ4n) is 2.02. The van der Waals surface area contributed by atoms with Crippen molar-refractivity contribution in [2.24, 2.45) is 0 Å². The van der Waals surface area contributed by atoms with Gasteiger partial charge in [0.2, 0.25) is 0 Å². The van der Waals surface area contributed by atoms with Crippen LogP contribution in [0.15, 0.2) is 53.3 Å². The molecule has 2 aromatic carbocycles. The van der Waals surface area contributed by atoms with Crippen molar-refractivity contribution in [1.29, 1.82) is 0 Å². The van der Waals surface area contributed by atoms with Crippen molar-refractivity contribution in [2.75, 3.05) is 5.73 Å². The fourth-order valence-corrected chi connectivity index (χ4v) is 2.39. The smallest absolute Gasteiger partial charge is 0.181 e. The average Bonchev–Trinajstić information content (AvgIpc) is 2.91. The van der Waals surface area contributed by atoms with Crippen LogP contribution in [0.25, 0.3) is 11.4 Å². The van der Waals surface area contributed by atoms with Gasteiger partial charge in [-0.3, -0.25) is 0 Å². The molecule has 1 heterocycles. The first kappa shape index (κ1) is 13.8. The Hall–Kier alpha value is -2.21. The van der Waals surface area contributed by atoms with Gasteiger partial charge < -0.3 is 5.73 Å². The molecule has 21 heavy (non-hydrogen) atoms. The van der Waals surface area contributed by atoms with Gasteiger partial charge in [-0.2, -0.15) is 5.10 Å². The Morgan fingerprint density at radius 1 is 1.19 bits per heavy atom. The number of nitrogens with zero attached hydrogens (tertiary/aromatic N) is 3. The average molecular weight is 347 g/mol. The Morgan fingerprint density at radius 3 is 2.86 bits per heavy atom. The van der Waals surface area contributed by atoms with Gasteiger partial charge in [-0.1, -0.05) is 28.1 Å². The number of hydrogen-bond donors (Lipinski definition) is 1. The molecule has 4 nitrogen and oxygen atoms in total. The summed E-state index contributed by atoms with van der Waals surface area (Å²) in [7, 11) is 0. The van der Waals surface area contributed by atoms with Gasteiger partial charge in [0.05, 0.1) is 6.54 Å². The second kappa shape index (κ2) is 5.65. The van der Waals surface area contributed by atoms with Crippen LogP contribution >= 0.6 is 15.9 Å². The third kappa shape index (κ3) is 3.11. The Bertz CT molecular complexity index is 785. The topological polar surface area (TPSA) is 56.7 Å². The van der Waals surface area contributed by atoms with Crippen LogP contribution in [0.2, 0.25) is 0 Å². The van der Waals surface area contributed by atoms with E-state index in [9.17, 15) is 4.39 Å². The standard InChI is InChI=1S/C15H12BrFN4/c16-14-5-4-12(17)6-11(14)8-21-9-19-15(20-21)10-2-1-3-13(18)7-10/h1-7,9H,8,18H2. The molecule has 0 aliphatic rings. The van der Waals surface area contributed by atoms with Crippen LogP contribution in [0, 0.1) is 5.82 Å². The predicted octanol–water partition coefficient (Wildman–Crippen LogP) is 3.48. The predicted molar refractivity (Wildman–Crippen MR) is 83.1 cm³/mol. The highest BCUT2D eigenvalue weighted by Crippen LogP contribution is 2.20. The van der Waals surface area contributed by atoms with Gasteiger partial charge in [-0.15, -0.1) is 0 Å². The van der Waals surface area contributed by atoms with Gasteiger partial charge in [-0.25, -0.2) is 14.1 Å². The highest BCUT2D eigenvalue weighted by Gasteiger charge is 2.07. The Balaban J connectivity index is 1.87. The van der Waals surface area contributed by atoms with Crippen molar-refractivity contribution in [1.82, 2.24) is 14.8 Å². The molecular weight excluding hydrogens is 335 g/mol. The summed E-state index contributed by atoms with van der Waals surface area (Å²) < 4.78 is 15.8. The van der Waals surface area contributed by atoms with Crippen LogP contribution in [0.1, 0.15) is 5.56 Å². The second-order valence-corrected chi connectivity index (χ2v) is 5.48. The van der Waals surface area contributed by atoms with E-state index in [-0.39, 0.29) is 5.82 Å². The molecule has 1 aromatic heterocycles. The molecule has 0 aliphatic heterocycles. The van der Waals surface area contributed by atoms with Crippen molar-refractivity contribution in [3.8, 4) is 11.4 Å². The molecule has 0 bridgehead atoms. The Kier molecular flexibility index (Phi) is 3.70. The first-order chi connectivity index (χ1) is 10.1. The van der Waals surface area contributed by atoms with Gasteiger partial charge in [0.15, 0.2) is 5.82 Å². The van der Waals surface area contributed by atoms with Crippen LogP contribution in [0.3, 0.4) is 0 Å². The first-order valence-corrected chi connectivity index (χ1v) is 7.10. The van der Waals surface area contributed by atoms with E-state index in [0.717, 1.165) is 15.6 Å². The number of hydrogen-bond acceptors (Lipinski definition) is 3. The van der Waals surface area contributed by atoms with E-state index in [0.29, 0.717) is 18.1 Å². The highest BCUT2D eigenvalue weighted by atomic mass is 79.9. The summed E-state index contributed by atoms with van der Waals surface area (Å²) in [6.45, 7) is 0.438. The summed E-state index contributed by atoms with van der Waals surface area (Å²) >= 11 is 3.40. The van der Waals surface area contributed by atoms with Crippen LogP contribution < -0.4 is 5.73 Å². The van der Waals surface area contributed by atoms with E-state index in [2.05, 4.69) is 26.0 Å². The Morgan fingerprint density at radius 2 is 2.05 bits per heavy atom. The number of nitrogen functional groups attached to an aromatic ring is 1. The molecule has 0 saturated carbocycles. The SMILES string of the molecule is Nc1cccc(-c2ncn(Cc3cc(F)ccc3Br)n2)c1. The summed E-state index contributed by atoms with van der Waals surface area (Å²) in [6, 6.07) is 11.9. The fraction of sp³-hybridized carbons (Fsp3) is 0.0667. The van der Waals surface area contributed by atoms with Crippen molar-refractivity contribution in [3.05, 3.63) is 64.6 Å². The van der Waals surface area contributed by atoms with Crippen molar-refractivity contribution < 1.29 is 4.39 Å². The molecule has 0 saturated heterocycles. The van der Waals surface area contributed by atoms with Crippen molar-refractivity contribution in [3.63, 3.8) is 0 Å². The molecule has 0 radical (unpaired) electrons. The Labute approximate surface area is 129 Å². The summed E-state index contributed by atoms with van der Waals surface area (Å²) in [4.78, 5) is 4.26. The van der Waals surface area contributed by atoms with E-state index < -0.39 is 0 Å². The lowest BCUT2D eigenvalue weighted by Crippen LogP contribution is -2.01. The minimum Gasteiger partial charge on any atom is -0.399 e. The van der Waals surface area contributed by atoms with Gasteiger partial charge in [0, 0.05) is 15.7 Å². The highest BCUT2D eigenvalue weighted by molar-refractivity contribution is 9.10. The second-order valence-electron chi connectivity index (χ2n) is 4.63. The lowest BCUT2D eigenvalue weighted by Gasteiger charge is -2.04. The summed E-state index contributed by atoms with van der Waals surface area (Å²) in [5.41, 5.74) is 8.07. The number of aromatic nitrogens is 3. The molecule has 0 amide bonds. The van der Waals surface area contributed by atoms with E-state index in [1.807, 2.05) is 24.3 Å². The van der Waals surface area contributed by atoms with Crippen LogP contribution in [0.4, 0.5) is 10.1 Å². The molecule has 6 heteroatoms. The third-order valence-electron chi connectivity index (χ3n) is 3.02. The first-order valence-electron chi connectivity index (χ1n) is 6.31. The number of rotatable bonds is 3. The molecular formula is C15H12BrFN4. The number of halogens is 2. The normalized spacial score (nSPS) is 10.8. The van der Waals surface area contributed by atoms with Gasteiger partial charge in [-0.05, 0) is 35.9 Å². The summed E-state index contributed by atoms with van der Waals surface area (Å²) in [5.74, 6) is 0.319. The molecule has 3 aromatic rings. The lowest BCUT2D eigenvalue weighted by molar-refractivity contribution is 0.618. The van der Waals surface area contributed by atoms with Crippen LogP contribution in [-0.4, -0.2) is 14.8 Å². The lowest BCUT2D eigenvalue weighted by atomic mass is 10.2. The van der Waals surface area contributed by atoms with Crippen molar-refractivity contribution in [2.45, 2.75) is 6.54 Å². The minimum absolute atomic E-state index is 0.274. The van der Waals surface area contributed by atoms with Gasteiger partial charge in [0.1, 0.15) is 12.1 Å². The minimum atomic E-state index is -0.274. The molecule has 0 fully saturated rings. The van der Waals surface area contributed by atoms with E-state index in [1.54, 1.807) is 17.1 Å². The monoisotopic (exact) mass is 346 g/mol. The summed E-state index contributed by atoms with van der Waals surface area (Å²) in [5, 5.41) is 4.39.